The number of aromatic nitrogens is 4. The van der Waals surface area contributed by atoms with E-state index in [-0.39, 0.29) is 11.8 Å². The zero-order valence-electron chi connectivity index (χ0n) is 15.8. The number of nitrogens with zero attached hydrogens (tertiary/aromatic N) is 5. The number of nitrogens with one attached hydrogen (secondary N) is 1. The van der Waals surface area contributed by atoms with Gasteiger partial charge in [-0.15, -0.1) is 11.3 Å². The predicted molar refractivity (Wildman–Crippen MR) is 107 cm³/mol. The zero-order valence-corrected chi connectivity index (χ0v) is 16.7. The highest BCUT2D eigenvalue weighted by atomic mass is 32.1. The van der Waals surface area contributed by atoms with E-state index in [1.807, 2.05) is 26.0 Å². The number of aryl methyl sites for hydroxylation is 1. The number of carbonyl (C=O) groups excluding carboxylic acids is 2. The van der Waals surface area contributed by atoms with Crippen LogP contribution in [0.15, 0.2) is 36.1 Å². The Bertz CT molecular complexity index is 1040. The minimum absolute atomic E-state index is 0.00957. The molecule has 0 saturated carbocycles. The fourth-order valence-electron chi connectivity index (χ4n) is 3.12. The van der Waals surface area contributed by atoms with Gasteiger partial charge in [-0.25, -0.2) is 4.98 Å². The second kappa shape index (κ2) is 6.83. The normalized spacial score (nSPS) is 15.8. The molecule has 0 spiro atoms. The second-order valence-electron chi connectivity index (χ2n) is 7.36. The molecule has 1 aliphatic heterocycles. The Hall–Kier alpha value is -3.07. The van der Waals surface area contributed by atoms with Crippen LogP contribution in [0.5, 0.6) is 0 Å². The first-order valence-corrected chi connectivity index (χ1v) is 9.76. The summed E-state index contributed by atoms with van der Waals surface area (Å²) in [4.78, 5) is 35.4. The van der Waals surface area contributed by atoms with Crippen molar-refractivity contribution < 1.29 is 9.59 Å². The van der Waals surface area contributed by atoms with Gasteiger partial charge in [0.1, 0.15) is 16.4 Å². The summed E-state index contributed by atoms with van der Waals surface area (Å²) in [7, 11) is 1.76. The van der Waals surface area contributed by atoms with Gasteiger partial charge in [0.2, 0.25) is 5.91 Å². The van der Waals surface area contributed by atoms with E-state index in [0.717, 1.165) is 17.0 Å². The lowest BCUT2D eigenvalue weighted by Gasteiger charge is -2.18. The van der Waals surface area contributed by atoms with Crippen molar-refractivity contribution in [2.75, 3.05) is 16.8 Å². The SMILES string of the molecule is Cn1cc(NC(=O)c2csc(-c3ccncc3)n2)c(N2CCC(C)(C)C2=O)n1. The lowest BCUT2D eigenvalue weighted by Crippen LogP contribution is -2.32. The highest BCUT2D eigenvalue weighted by molar-refractivity contribution is 7.13. The summed E-state index contributed by atoms with van der Waals surface area (Å²) in [5.41, 5.74) is 1.30. The minimum atomic E-state index is -0.423. The van der Waals surface area contributed by atoms with Gasteiger partial charge in [-0.3, -0.25) is 24.2 Å². The molecule has 1 aliphatic rings. The maximum absolute atomic E-state index is 12.7. The zero-order chi connectivity index (χ0) is 19.9. The average Bonchev–Trinajstić information content (AvgIpc) is 3.35. The van der Waals surface area contributed by atoms with Crippen molar-refractivity contribution in [2.45, 2.75) is 20.3 Å². The van der Waals surface area contributed by atoms with Gasteiger partial charge in [-0.2, -0.15) is 5.10 Å². The fraction of sp³-hybridized carbons (Fsp3) is 0.316. The van der Waals surface area contributed by atoms with Gasteiger partial charge < -0.3 is 5.32 Å². The highest BCUT2D eigenvalue weighted by Crippen LogP contribution is 2.36. The molecule has 0 atom stereocenters. The number of carbonyl (C=O) groups is 2. The van der Waals surface area contributed by atoms with E-state index < -0.39 is 5.41 Å². The van der Waals surface area contributed by atoms with Crippen molar-refractivity contribution in [3.63, 3.8) is 0 Å². The van der Waals surface area contributed by atoms with E-state index in [1.54, 1.807) is 40.6 Å². The summed E-state index contributed by atoms with van der Waals surface area (Å²) in [6.45, 7) is 4.42. The Balaban J connectivity index is 1.56. The third-order valence-electron chi connectivity index (χ3n) is 4.76. The third-order valence-corrected chi connectivity index (χ3v) is 5.65. The molecule has 0 radical (unpaired) electrons. The van der Waals surface area contributed by atoms with Gasteiger partial charge in [-0.1, -0.05) is 13.8 Å². The molecule has 9 heteroatoms. The topological polar surface area (TPSA) is 93.0 Å². The molecule has 3 aromatic rings. The monoisotopic (exact) mass is 396 g/mol. The van der Waals surface area contributed by atoms with Crippen LogP contribution in [-0.4, -0.2) is 38.1 Å². The third kappa shape index (κ3) is 3.29. The van der Waals surface area contributed by atoms with Crippen LogP contribution < -0.4 is 10.2 Å². The van der Waals surface area contributed by atoms with E-state index >= 15 is 0 Å². The lowest BCUT2D eigenvalue weighted by molar-refractivity contribution is -0.124. The van der Waals surface area contributed by atoms with Crippen molar-refractivity contribution in [3.8, 4) is 10.6 Å². The summed E-state index contributed by atoms with van der Waals surface area (Å²) in [5, 5.41) is 9.70. The smallest absolute Gasteiger partial charge is 0.275 e. The Morgan fingerprint density at radius 3 is 2.71 bits per heavy atom. The standard InChI is InChI=1S/C19H20N6O2S/c1-19(2)6-9-25(18(19)27)15-13(10-24(3)23-15)21-16(26)14-11-28-17(22-14)12-4-7-20-8-5-12/h4-5,7-8,10-11H,6,9H2,1-3H3,(H,21,26). The van der Waals surface area contributed by atoms with E-state index in [0.29, 0.717) is 23.7 Å². The molecular formula is C19H20N6O2S. The highest BCUT2D eigenvalue weighted by Gasteiger charge is 2.41. The Morgan fingerprint density at radius 2 is 2.04 bits per heavy atom. The molecule has 0 unspecified atom stereocenters. The van der Waals surface area contributed by atoms with Crippen LogP contribution in [0, 0.1) is 5.41 Å². The van der Waals surface area contributed by atoms with Crippen LogP contribution in [0.4, 0.5) is 11.5 Å². The van der Waals surface area contributed by atoms with Gasteiger partial charge in [0, 0.05) is 42.3 Å². The van der Waals surface area contributed by atoms with E-state index in [2.05, 4.69) is 20.4 Å². The molecule has 1 saturated heterocycles. The first-order valence-electron chi connectivity index (χ1n) is 8.88. The number of pyridine rings is 1. The second-order valence-corrected chi connectivity index (χ2v) is 8.22. The van der Waals surface area contributed by atoms with Crippen molar-refractivity contribution in [1.29, 1.82) is 0 Å². The minimum Gasteiger partial charge on any atom is -0.316 e. The Morgan fingerprint density at radius 1 is 1.29 bits per heavy atom. The van der Waals surface area contributed by atoms with Crippen LogP contribution in [0.3, 0.4) is 0 Å². The number of hydrogen-bond acceptors (Lipinski definition) is 6. The summed E-state index contributed by atoms with van der Waals surface area (Å²) < 4.78 is 1.59. The number of amides is 2. The largest absolute Gasteiger partial charge is 0.316 e. The van der Waals surface area contributed by atoms with E-state index in [9.17, 15) is 9.59 Å². The average molecular weight is 396 g/mol. The Kier molecular flexibility index (Phi) is 4.46. The molecule has 3 aromatic heterocycles. The van der Waals surface area contributed by atoms with Crippen molar-refractivity contribution in [2.24, 2.45) is 12.5 Å². The van der Waals surface area contributed by atoms with Gasteiger partial charge in [0.05, 0.1) is 6.20 Å². The Labute approximate surface area is 166 Å². The van der Waals surface area contributed by atoms with E-state index in [1.165, 1.54) is 11.3 Å². The molecule has 0 bridgehead atoms. The van der Waals surface area contributed by atoms with Gasteiger partial charge in [0.15, 0.2) is 5.82 Å². The summed E-state index contributed by atoms with van der Waals surface area (Å²) in [5.74, 6) is 0.142. The van der Waals surface area contributed by atoms with Crippen molar-refractivity contribution >= 4 is 34.7 Å². The predicted octanol–water partition coefficient (Wildman–Crippen LogP) is 2.95. The maximum Gasteiger partial charge on any atom is 0.275 e. The summed E-state index contributed by atoms with van der Waals surface area (Å²) in [6, 6.07) is 3.70. The van der Waals surface area contributed by atoms with Crippen molar-refractivity contribution in [3.05, 3.63) is 41.8 Å². The van der Waals surface area contributed by atoms with Gasteiger partial charge in [0.25, 0.3) is 5.91 Å². The molecule has 0 aromatic carbocycles. The molecule has 144 valence electrons. The molecular weight excluding hydrogens is 376 g/mol. The fourth-order valence-corrected chi connectivity index (χ4v) is 3.93. The lowest BCUT2D eigenvalue weighted by atomic mass is 9.92. The quantitative estimate of drug-likeness (QED) is 0.732. The van der Waals surface area contributed by atoms with Crippen LogP contribution in [-0.2, 0) is 11.8 Å². The van der Waals surface area contributed by atoms with Crippen molar-refractivity contribution in [1.82, 2.24) is 19.7 Å². The number of anilines is 2. The number of rotatable bonds is 4. The van der Waals surface area contributed by atoms with Gasteiger partial charge in [-0.05, 0) is 18.6 Å². The first kappa shape index (κ1) is 18.3. The van der Waals surface area contributed by atoms with E-state index in [4.69, 9.17) is 0 Å². The van der Waals surface area contributed by atoms with Gasteiger partial charge >= 0.3 is 0 Å². The van der Waals surface area contributed by atoms with Crippen LogP contribution in [0.1, 0.15) is 30.8 Å². The van der Waals surface area contributed by atoms with Crippen LogP contribution in [0.2, 0.25) is 0 Å². The molecule has 4 rings (SSSR count). The molecule has 2 amide bonds. The first-order chi connectivity index (χ1) is 13.3. The molecule has 1 fully saturated rings. The van der Waals surface area contributed by atoms with Crippen LogP contribution >= 0.6 is 11.3 Å². The number of hydrogen-bond donors (Lipinski definition) is 1. The summed E-state index contributed by atoms with van der Waals surface area (Å²) >= 11 is 1.39. The maximum atomic E-state index is 12.7. The summed E-state index contributed by atoms with van der Waals surface area (Å²) in [6.07, 6.45) is 5.82. The molecule has 1 N–H and O–H groups in total. The molecule has 28 heavy (non-hydrogen) atoms. The molecule has 8 nitrogen and oxygen atoms in total. The number of thiazole rings is 1. The van der Waals surface area contributed by atoms with Crippen LogP contribution in [0.25, 0.3) is 10.6 Å². The molecule has 0 aliphatic carbocycles. The molecule has 4 heterocycles.